The van der Waals surface area contributed by atoms with Crippen LogP contribution in [-0.2, 0) is 20.7 Å². The van der Waals surface area contributed by atoms with Gasteiger partial charge in [-0.2, -0.15) is 0 Å². The molecule has 3 amide bonds. The number of para-hydroxylation sites is 1. The van der Waals surface area contributed by atoms with Crippen molar-refractivity contribution < 1.29 is 24.2 Å². The third-order valence-electron chi connectivity index (χ3n) is 7.60. The maximum Gasteiger partial charge on any atom is 0.407 e. The molecule has 1 aromatic carbocycles. The Kier molecular flexibility index (Phi) is 13.3. The summed E-state index contributed by atoms with van der Waals surface area (Å²) in [5.41, 5.74) is 0.864. The molecule has 4 atom stereocenters. The fraction of sp³-hybridized carbons (Fsp3) is 0.727. The van der Waals surface area contributed by atoms with Gasteiger partial charge in [-0.1, -0.05) is 52.3 Å². The first-order valence-corrected chi connectivity index (χ1v) is 15.5. The van der Waals surface area contributed by atoms with Gasteiger partial charge in [0.2, 0.25) is 11.8 Å². The predicted molar refractivity (Wildman–Crippen MR) is 168 cm³/mol. The Bertz CT molecular complexity index is 1040. The third kappa shape index (κ3) is 11.9. The summed E-state index contributed by atoms with van der Waals surface area (Å²) in [6.45, 7) is 15.3. The normalized spacial score (nSPS) is 17.7. The first-order valence-electron chi connectivity index (χ1n) is 15.5. The second kappa shape index (κ2) is 15.7. The summed E-state index contributed by atoms with van der Waals surface area (Å²) in [4.78, 5) is 43.3. The maximum atomic E-state index is 13.8. The largest absolute Gasteiger partial charge is 0.444 e. The van der Waals surface area contributed by atoms with Gasteiger partial charge in [0.05, 0.1) is 12.1 Å². The monoisotopic (exact) mass is 588 g/mol. The van der Waals surface area contributed by atoms with E-state index in [1.165, 1.54) is 5.56 Å². The van der Waals surface area contributed by atoms with E-state index in [2.05, 4.69) is 42.6 Å². The summed E-state index contributed by atoms with van der Waals surface area (Å²) in [7, 11) is 4.10. The lowest BCUT2D eigenvalue weighted by Gasteiger charge is -2.38. The summed E-state index contributed by atoms with van der Waals surface area (Å²) < 4.78 is 5.49. The molecule has 3 N–H and O–H groups in total. The summed E-state index contributed by atoms with van der Waals surface area (Å²) in [5.74, 6) is -0.215. The molecular weight excluding hydrogens is 532 g/mol. The second-order valence-electron chi connectivity index (χ2n) is 14.1. The SMILES string of the molecule is CCCCNC(=O)[C@H](C)C[C@H](O)[C@H](CC(C)(C)CC(=O)N1CC(CN(C)C)Cc2ccccc21)NC(=O)OC(C)(C)C. The molecule has 9 heteroatoms. The van der Waals surface area contributed by atoms with Gasteiger partial charge in [-0.25, -0.2) is 4.79 Å². The quantitative estimate of drug-likeness (QED) is 0.271. The summed E-state index contributed by atoms with van der Waals surface area (Å²) in [6.07, 6.45) is 1.91. The van der Waals surface area contributed by atoms with Crippen LogP contribution in [0.1, 0.15) is 86.1 Å². The molecule has 0 aliphatic carbocycles. The second-order valence-corrected chi connectivity index (χ2v) is 14.1. The fourth-order valence-corrected chi connectivity index (χ4v) is 5.66. The Morgan fingerprint density at radius 1 is 1.14 bits per heavy atom. The highest BCUT2D eigenvalue weighted by atomic mass is 16.6. The van der Waals surface area contributed by atoms with Gasteiger partial charge in [-0.15, -0.1) is 0 Å². The van der Waals surface area contributed by atoms with E-state index in [1.807, 2.05) is 36.9 Å². The number of nitrogens with zero attached hydrogens (tertiary/aromatic N) is 2. The van der Waals surface area contributed by atoms with Crippen LogP contribution in [0.4, 0.5) is 10.5 Å². The minimum atomic E-state index is -1.00. The first-order chi connectivity index (χ1) is 19.5. The van der Waals surface area contributed by atoms with Crippen molar-refractivity contribution in [3.63, 3.8) is 0 Å². The molecule has 1 aliphatic rings. The summed E-state index contributed by atoms with van der Waals surface area (Å²) >= 11 is 0. The number of carbonyl (C=O) groups is 3. The lowest BCUT2D eigenvalue weighted by molar-refractivity contribution is -0.125. The molecule has 0 saturated heterocycles. The van der Waals surface area contributed by atoms with Crippen molar-refractivity contribution in [2.75, 3.05) is 38.6 Å². The van der Waals surface area contributed by atoms with Crippen molar-refractivity contribution in [2.45, 2.75) is 105 Å². The van der Waals surface area contributed by atoms with Crippen molar-refractivity contribution >= 4 is 23.6 Å². The number of rotatable bonds is 14. The van der Waals surface area contributed by atoms with E-state index in [4.69, 9.17) is 4.74 Å². The lowest BCUT2D eigenvalue weighted by Crippen LogP contribution is -2.49. The van der Waals surface area contributed by atoms with Gasteiger partial charge in [-0.05, 0) is 83.5 Å². The number of aliphatic hydroxyl groups is 1. The highest BCUT2D eigenvalue weighted by Gasteiger charge is 2.36. The molecule has 0 fully saturated rings. The van der Waals surface area contributed by atoms with Gasteiger partial charge >= 0.3 is 6.09 Å². The minimum Gasteiger partial charge on any atom is -0.444 e. The topological polar surface area (TPSA) is 111 Å². The third-order valence-corrected chi connectivity index (χ3v) is 7.60. The van der Waals surface area contributed by atoms with Crippen LogP contribution in [-0.4, -0.2) is 79.4 Å². The summed E-state index contributed by atoms with van der Waals surface area (Å²) in [5, 5.41) is 17.1. The van der Waals surface area contributed by atoms with Crippen molar-refractivity contribution in [3.8, 4) is 0 Å². The molecular formula is C33H56N4O5. The molecule has 9 nitrogen and oxygen atoms in total. The number of amides is 3. The van der Waals surface area contributed by atoms with Gasteiger partial charge in [0.1, 0.15) is 5.60 Å². The van der Waals surface area contributed by atoms with Gasteiger partial charge in [0.25, 0.3) is 0 Å². The minimum absolute atomic E-state index is 0.0186. The van der Waals surface area contributed by atoms with Crippen molar-refractivity contribution in [1.29, 1.82) is 0 Å². The van der Waals surface area contributed by atoms with Crippen molar-refractivity contribution in [1.82, 2.24) is 15.5 Å². The molecule has 1 aliphatic heterocycles. The van der Waals surface area contributed by atoms with Gasteiger partial charge < -0.3 is 30.3 Å². The molecule has 1 aromatic rings. The predicted octanol–water partition coefficient (Wildman–Crippen LogP) is 4.76. The molecule has 0 bridgehead atoms. The van der Waals surface area contributed by atoms with E-state index >= 15 is 0 Å². The molecule has 0 spiro atoms. The number of hydrogen-bond acceptors (Lipinski definition) is 6. The van der Waals surface area contributed by atoms with Crippen LogP contribution in [0.25, 0.3) is 0 Å². The van der Waals surface area contributed by atoms with E-state index in [0.717, 1.165) is 31.5 Å². The van der Waals surface area contributed by atoms with Crippen LogP contribution in [0.5, 0.6) is 0 Å². The average Bonchev–Trinajstić information content (AvgIpc) is 2.85. The Balaban J connectivity index is 2.19. The first kappa shape index (κ1) is 35.5. The van der Waals surface area contributed by atoms with E-state index in [-0.39, 0.29) is 24.7 Å². The van der Waals surface area contributed by atoms with Crippen LogP contribution >= 0.6 is 0 Å². The van der Waals surface area contributed by atoms with Crippen molar-refractivity contribution in [2.24, 2.45) is 17.3 Å². The number of unbranched alkanes of at least 4 members (excludes halogenated alkanes) is 1. The number of nitrogens with one attached hydrogen (secondary N) is 2. The number of benzene rings is 1. The molecule has 0 saturated carbocycles. The molecule has 0 radical (unpaired) electrons. The Morgan fingerprint density at radius 3 is 2.43 bits per heavy atom. The number of anilines is 1. The molecule has 1 heterocycles. The number of hydrogen-bond donors (Lipinski definition) is 3. The standard InChI is InChI=1S/C33H56N4O5/c1-10-11-16-34-30(40)23(2)17-28(38)26(35-31(41)42-32(3,4)5)19-33(6,7)20-29(39)37-22-24(21-36(8)9)18-25-14-12-13-15-27(25)37/h12-15,23-24,26,28,38H,10-11,16-22H2,1-9H3,(H,34,40)(H,35,41)/t23-,24?,26+,28+/m1/s1. The lowest BCUT2D eigenvalue weighted by atomic mass is 9.79. The molecule has 2 rings (SSSR count). The van der Waals surface area contributed by atoms with E-state index in [0.29, 0.717) is 25.4 Å². The zero-order chi connectivity index (χ0) is 31.7. The Labute approximate surface area is 253 Å². The van der Waals surface area contributed by atoms with Crippen LogP contribution in [0.2, 0.25) is 0 Å². The smallest absolute Gasteiger partial charge is 0.407 e. The van der Waals surface area contributed by atoms with Gasteiger partial charge in [0.15, 0.2) is 0 Å². The number of fused-ring (bicyclic) bond motifs is 1. The number of alkyl carbamates (subject to hydrolysis) is 1. The van der Waals surface area contributed by atoms with E-state index in [9.17, 15) is 19.5 Å². The molecule has 0 aromatic heterocycles. The molecule has 1 unspecified atom stereocenters. The zero-order valence-corrected chi connectivity index (χ0v) is 27.5. The zero-order valence-electron chi connectivity index (χ0n) is 27.5. The maximum absolute atomic E-state index is 13.8. The van der Waals surface area contributed by atoms with Crippen LogP contribution in [0, 0.1) is 17.3 Å². The average molecular weight is 589 g/mol. The highest BCUT2D eigenvalue weighted by molar-refractivity contribution is 5.95. The van der Waals surface area contributed by atoms with Crippen LogP contribution in [0.3, 0.4) is 0 Å². The Morgan fingerprint density at radius 2 is 1.81 bits per heavy atom. The van der Waals surface area contributed by atoms with E-state index < -0.39 is 35.2 Å². The molecule has 42 heavy (non-hydrogen) atoms. The fourth-order valence-electron chi connectivity index (χ4n) is 5.66. The summed E-state index contributed by atoms with van der Waals surface area (Å²) in [6, 6.07) is 7.38. The number of aliphatic hydroxyl groups excluding tert-OH is 1. The Hall–Kier alpha value is -2.65. The number of carbonyl (C=O) groups excluding carboxylic acids is 3. The van der Waals surface area contributed by atoms with Crippen LogP contribution in [0.15, 0.2) is 24.3 Å². The van der Waals surface area contributed by atoms with Crippen LogP contribution < -0.4 is 15.5 Å². The highest BCUT2D eigenvalue weighted by Crippen LogP contribution is 2.35. The van der Waals surface area contributed by atoms with Gasteiger partial charge in [-0.3, -0.25) is 9.59 Å². The van der Waals surface area contributed by atoms with Gasteiger partial charge in [0, 0.05) is 37.7 Å². The van der Waals surface area contributed by atoms with E-state index in [1.54, 1.807) is 27.7 Å². The molecule has 238 valence electrons. The van der Waals surface area contributed by atoms with Crippen molar-refractivity contribution in [3.05, 3.63) is 29.8 Å². The number of ether oxygens (including phenoxy) is 1.